The van der Waals surface area contributed by atoms with Crippen LogP contribution in [-0.2, 0) is 23.8 Å². The second-order valence-corrected chi connectivity index (χ2v) is 6.41. The van der Waals surface area contributed by atoms with E-state index in [0.717, 1.165) is 6.42 Å². The largest absolute Gasteiger partial charge is 0.510 e. The molecule has 0 spiro atoms. The monoisotopic (exact) mass is 264 g/mol. The van der Waals surface area contributed by atoms with E-state index in [-0.39, 0.29) is 13.0 Å². The first kappa shape index (κ1) is 12.6. The number of cyclic esters (lactones) is 2. The predicted molar refractivity (Wildman–Crippen MR) is 57.6 cm³/mol. The third-order valence-electron chi connectivity index (χ3n) is 3.10. The molecule has 17 heavy (non-hydrogen) atoms. The summed E-state index contributed by atoms with van der Waals surface area (Å²) in [7, 11) is -3.65. The standard InChI is InChI=1S/C10H16O6S/c1-7-2-3-8(6-7)17(12,13)16-9-4-5-14-10(11)15-9/h7-9H,2-6H2,1H3. The molecule has 6 nitrogen and oxygen atoms in total. The minimum Gasteiger partial charge on any atom is -0.434 e. The second kappa shape index (κ2) is 4.81. The first-order valence-corrected chi connectivity index (χ1v) is 7.20. The lowest BCUT2D eigenvalue weighted by Gasteiger charge is -2.23. The van der Waals surface area contributed by atoms with Crippen LogP contribution in [0, 0.1) is 5.92 Å². The Morgan fingerprint density at radius 2 is 2.06 bits per heavy atom. The van der Waals surface area contributed by atoms with Gasteiger partial charge < -0.3 is 9.47 Å². The Bertz CT molecular complexity index is 390. The molecule has 7 heteroatoms. The average molecular weight is 264 g/mol. The van der Waals surface area contributed by atoms with Crippen LogP contribution >= 0.6 is 0 Å². The summed E-state index contributed by atoms with van der Waals surface area (Å²) in [5.41, 5.74) is 0. The molecule has 0 aromatic heterocycles. The molecule has 1 aliphatic carbocycles. The van der Waals surface area contributed by atoms with Crippen LogP contribution in [0.3, 0.4) is 0 Å². The summed E-state index contributed by atoms with van der Waals surface area (Å²) in [5.74, 6) is 0.399. The van der Waals surface area contributed by atoms with E-state index in [1.807, 2.05) is 6.92 Å². The van der Waals surface area contributed by atoms with E-state index in [2.05, 4.69) is 9.47 Å². The number of carbonyl (C=O) groups excluding carboxylic acids is 1. The van der Waals surface area contributed by atoms with Gasteiger partial charge >= 0.3 is 6.16 Å². The highest BCUT2D eigenvalue weighted by Crippen LogP contribution is 2.31. The number of hydrogen-bond acceptors (Lipinski definition) is 6. The molecule has 3 atom stereocenters. The van der Waals surface area contributed by atoms with Gasteiger partial charge in [-0.05, 0) is 25.2 Å². The highest BCUT2D eigenvalue weighted by molar-refractivity contribution is 7.87. The van der Waals surface area contributed by atoms with Crippen molar-refractivity contribution in [2.45, 2.75) is 44.1 Å². The summed E-state index contributed by atoms with van der Waals surface area (Å²) in [5, 5.41) is -0.473. The van der Waals surface area contributed by atoms with E-state index < -0.39 is 27.8 Å². The number of rotatable bonds is 3. The summed E-state index contributed by atoms with van der Waals surface area (Å²) >= 11 is 0. The fraction of sp³-hybridized carbons (Fsp3) is 0.900. The molecule has 0 N–H and O–H groups in total. The molecule has 1 aliphatic heterocycles. The van der Waals surface area contributed by atoms with Crippen LogP contribution in [0.15, 0.2) is 0 Å². The lowest BCUT2D eigenvalue weighted by molar-refractivity contribution is -0.103. The van der Waals surface area contributed by atoms with E-state index in [0.29, 0.717) is 18.8 Å². The van der Waals surface area contributed by atoms with Crippen molar-refractivity contribution < 1.29 is 26.9 Å². The molecule has 2 fully saturated rings. The minimum atomic E-state index is -3.65. The number of ether oxygens (including phenoxy) is 2. The highest BCUT2D eigenvalue weighted by Gasteiger charge is 2.37. The highest BCUT2D eigenvalue weighted by atomic mass is 32.2. The summed E-state index contributed by atoms with van der Waals surface area (Å²) in [6.07, 6.45) is 0.446. The molecule has 1 saturated heterocycles. The molecule has 0 radical (unpaired) electrons. The van der Waals surface area contributed by atoms with E-state index in [1.54, 1.807) is 0 Å². The summed E-state index contributed by atoms with van der Waals surface area (Å²) in [4.78, 5) is 10.8. The van der Waals surface area contributed by atoms with E-state index in [4.69, 9.17) is 4.18 Å². The first-order chi connectivity index (χ1) is 7.97. The Balaban J connectivity index is 1.95. The van der Waals surface area contributed by atoms with Crippen molar-refractivity contribution in [3.8, 4) is 0 Å². The molecular weight excluding hydrogens is 248 g/mol. The third-order valence-corrected chi connectivity index (χ3v) is 4.83. The van der Waals surface area contributed by atoms with Crippen LogP contribution in [0.1, 0.15) is 32.6 Å². The van der Waals surface area contributed by atoms with Gasteiger partial charge in [0.25, 0.3) is 10.1 Å². The molecule has 0 bridgehead atoms. The zero-order valence-electron chi connectivity index (χ0n) is 9.63. The molecule has 98 valence electrons. The number of carbonyl (C=O) groups is 1. The van der Waals surface area contributed by atoms with Gasteiger partial charge in [-0.3, -0.25) is 0 Å². The second-order valence-electron chi connectivity index (χ2n) is 4.56. The van der Waals surface area contributed by atoms with Gasteiger partial charge in [-0.2, -0.15) is 8.42 Å². The molecule has 1 heterocycles. The van der Waals surface area contributed by atoms with Gasteiger partial charge in [-0.15, -0.1) is 0 Å². The van der Waals surface area contributed by atoms with Crippen LogP contribution in [-0.4, -0.2) is 32.7 Å². The predicted octanol–water partition coefficient (Wildman–Crippen LogP) is 1.40. The fourth-order valence-corrected chi connectivity index (χ4v) is 3.73. The molecule has 0 aromatic carbocycles. The molecule has 2 aliphatic rings. The van der Waals surface area contributed by atoms with Crippen LogP contribution in [0.5, 0.6) is 0 Å². The molecule has 0 amide bonds. The summed E-state index contributed by atoms with van der Waals surface area (Å²) in [6.45, 7) is 2.14. The third kappa shape index (κ3) is 3.10. The quantitative estimate of drug-likeness (QED) is 0.566. The van der Waals surface area contributed by atoms with Crippen LogP contribution < -0.4 is 0 Å². The molecule has 3 unspecified atom stereocenters. The van der Waals surface area contributed by atoms with Gasteiger partial charge in [0, 0.05) is 6.42 Å². The molecular formula is C10H16O6S. The zero-order valence-corrected chi connectivity index (χ0v) is 10.4. The Hall–Kier alpha value is -0.820. The van der Waals surface area contributed by atoms with Crippen molar-refractivity contribution >= 4 is 16.3 Å². The molecule has 1 saturated carbocycles. The Morgan fingerprint density at radius 1 is 1.29 bits per heavy atom. The maximum Gasteiger partial charge on any atom is 0.510 e. The Labute approximate surface area is 100 Å². The lowest BCUT2D eigenvalue weighted by Crippen LogP contribution is -2.34. The van der Waals surface area contributed by atoms with Crippen molar-refractivity contribution in [3.63, 3.8) is 0 Å². The maximum absolute atomic E-state index is 11.9. The van der Waals surface area contributed by atoms with E-state index in [1.165, 1.54) is 0 Å². The lowest BCUT2D eigenvalue weighted by atomic mass is 10.1. The Morgan fingerprint density at radius 3 is 2.65 bits per heavy atom. The van der Waals surface area contributed by atoms with Gasteiger partial charge in [0.2, 0.25) is 6.29 Å². The SMILES string of the molecule is CC1CCC(S(=O)(=O)OC2CCOC(=O)O2)C1. The topological polar surface area (TPSA) is 78.9 Å². The normalized spacial score (nSPS) is 34.2. The van der Waals surface area contributed by atoms with Crippen LogP contribution in [0.2, 0.25) is 0 Å². The van der Waals surface area contributed by atoms with Gasteiger partial charge in [-0.25, -0.2) is 8.98 Å². The Kier molecular flexibility index (Phi) is 3.58. The van der Waals surface area contributed by atoms with Crippen molar-refractivity contribution in [2.24, 2.45) is 5.92 Å². The van der Waals surface area contributed by atoms with Crippen LogP contribution in [0.25, 0.3) is 0 Å². The van der Waals surface area contributed by atoms with Crippen LogP contribution in [0.4, 0.5) is 4.79 Å². The number of hydrogen-bond donors (Lipinski definition) is 0. The average Bonchev–Trinajstić information content (AvgIpc) is 2.65. The smallest absolute Gasteiger partial charge is 0.434 e. The minimum absolute atomic E-state index is 0.125. The van der Waals surface area contributed by atoms with Crippen molar-refractivity contribution in [1.29, 1.82) is 0 Å². The molecule has 2 rings (SSSR count). The maximum atomic E-state index is 11.9. The summed E-state index contributed by atoms with van der Waals surface area (Å²) in [6, 6.07) is 0. The van der Waals surface area contributed by atoms with Crippen molar-refractivity contribution in [2.75, 3.05) is 6.61 Å². The van der Waals surface area contributed by atoms with Gasteiger partial charge in [0.15, 0.2) is 0 Å². The van der Waals surface area contributed by atoms with Gasteiger partial charge in [0.1, 0.15) is 6.61 Å². The van der Waals surface area contributed by atoms with Crippen molar-refractivity contribution in [3.05, 3.63) is 0 Å². The summed E-state index contributed by atoms with van der Waals surface area (Å²) < 4.78 is 37.9. The van der Waals surface area contributed by atoms with Gasteiger partial charge in [-0.1, -0.05) is 6.92 Å². The van der Waals surface area contributed by atoms with E-state index in [9.17, 15) is 13.2 Å². The first-order valence-electron chi connectivity index (χ1n) is 5.73. The van der Waals surface area contributed by atoms with Gasteiger partial charge in [0.05, 0.1) is 5.25 Å². The molecule has 0 aromatic rings. The van der Waals surface area contributed by atoms with E-state index >= 15 is 0 Å². The fourth-order valence-electron chi connectivity index (χ4n) is 2.15. The zero-order chi connectivity index (χ0) is 12.5. The van der Waals surface area contributed by atoms with Crippen molar-refractivity contribution in [1.82, 2.24) is 0 Å².